The molecule has 0 aromatic carbocycles. The Morgan fingerprint density at radius 1 is 1.16 bits per heavy atom. The van der Waals surface area contributed by atoms with Crippen molar-refractivity contribution in [2.45, 2.75) is 52.6 Å². The first-order valence-electron chi connectivity index (χ1n) is 9.88. The average Bonchev–Trinajstić information content (AvgIpc) is 2.61. The predicted molar refractivity (Wildman–Crippen MR) is 103 cm³/mol. The second-order valence-corrected chi connectivity index (χ2v) is 6.96. The molecule has 0 bridgehead atoms. The molecule has 0 unspecified atom stereocenters. The van der Waals surface area contributed by atoms with E-state index in [4.69, 9.17) is 19.2 Å². The van der Waals surface area contributed by atoms with Gasteiger partial charge in [0, 0.05) is 59.7 Å². The van der Waals surface area contributed by atoms with Crippen molar-refractivity contribution in [2.24, 2.45) is 10.9 Å². The fraction of sp³-hybridized carbons (Fsp3) is 0.947. The lowest BCUT2D eigenvalue weighted by Gasteiger charge is -2.34. The Labute approximate surface area is 154 Å². The van der Waals surface area contributed by atoms with E-state index in [-0.39, 0.29) is 0 Å². The number of methoxy groups -OCH3 is 1. The van der Waals surface area contributed by atoms with Crippen LogP contribution in [0, 0.1) is 5.92 Å². The smallest absolute Gasteiger partial charge is 0.193 e. The molecule has 1 aliphatic heterocycles. The molecule has 0 aromatic heterocycles. The van der Waals surface area contributed by atoms with Crippen molar-refractivity contribution in [2.75, 3.05) is 59.7 Å². The second-order valence-electron chi connectivity index (χ2n) is 6.96. The van der Waals surface area contributed by atoms with Gasteiger partial charge in [0.2, 0.25) is 0 Å². The first kappa shape index (κ1) is 22.2. The molecule has 1 rings (SSSR count). The van der Waals surface area contributed by atoms with E-state index in [1.54, 1.807) is 7.11 Å². The fourth-order valence-electron chi connectivity index (χ4n) is 2.78. The van der Waals surface area contributed by atoms with Gasteiger partial charge >= 0.3 is 0 Å². The van der Waals surface area contributed by atoms with Gasteiger partial charge in [-0.2, -0.15) is 0 Å². The van der Waals surface area contributed by atoms with Crippen LogP contribution in [-0.4, -0.2) is 76.7 Å². The molecular weight excluding hydrogens is 318 g/mol. The number of piperidine rings is 1. The van der Waals surface area contributed by atoms with E-state index < -0.39 is 0 Å². The van der Waals surface area contributed by atoms with E-state index in [1.807, 2.05) is 0 Å². The van der Waals surface area contributed by atoms with Crippen LogP contribution in [0.15, 0.2) is 4.99 Å². The summed E-state index contributed by atoms with van der Waals surface area (Å²) in [5.74, 6) is 1.63. The summed E-state index contributed by atoms with van der Waals surface area (Å²) in [5.41, 5.74) is 0. The van der Waals surface area contributed by atoms with Crippen LogP contribution in [0.4, 0.5) is 0 Å². The molecule has 0 atom stereocenters. The van der Waals surface area contributed by atoms with Crippen LogP contribution in [-0.2, 0) is 14.2 Å². The maximum Gasteiger partial charge on any atom is 0.193 e. The number of aliphatic imine (C=N–C) groups is 1. The summed E-state index contributed by atoms with van der Waals surface area (Å²) < 4.78 is 16.6. The molecule has 1 saturated heterocycles. The van der Waals surface area contributed by atoms with Gasteiger partial charge in [0.05, 0.1) is 6.10 Å². The van der Waals surface area contributed by atoms with E-state index in [0.29, 0.717) is 12.0 Å². The molecule has 6 heteroatoms. The monoisotopic (exact) mass is 357 g/mol. The first-order chi connectivity index (χ1) is 12.2. The average molecular weight is 358 g/mol. The highest BCUT2D eigenvalue weighted by Gasteiger charge is 2.21. The normalized spacial score (nSPS) is 16.7. The lowest BCUT2D eigenvalue weighted by molar-refractivity contribution is 0.00990. The van der Waals surface area contributed by atoms with Crippen molar-refractivity contribution in [3.63, 3.8) is 0 Å². The third-order valence-electron chi connectivity index (χ3n) is 4.08. The Morgan fingerprint density at radius 2 is 1.92 bits per heavy atom. The highest BCUT2D eigenvalue weighted by molar-refractivity contribution is 5.80. The van der Waals surface area contributed by atoms with Crippen molar-refractivity contribution in [3.8, 4) is 0 Å². The number of hydrogen-bond donors (Lipinski definition) is 1. The van der Waals surface area contributed by atoms with Crippen LogP contribution >= 0.6 is 0 Å². The molecule has 1 fully saturated rings. The summed E-state index contributed by atoms with van der Waals surface area (Å²) in [6, 6.07) is 0. The lowest BCUT2D eigenvalue weighted by Crippen LogP contribution is -2.47. The first-order valence-corrected chi connectivity index (χ1v) is 9.88. The van der Waals surface area contributed by atoms with Crippen molar-refractivity contribution < 1.29 is 14.2 Å². The van der Waals surface area contributed by atoms with E-state index in [1.165, 1.54) is 0 Å². The number of rotatable bonds is 12. The molecule has 0 aliphatic carbocycles. The van der Waals surface area contributed by atoms with Crippen molar-refractivity contribution >= 4 is 5.96 Å². The van der Waals surface area contributed by atoms with Gasteiger partial charge in [0.1, 0.15) is 0 Å². The van der Waals surface area contributed by atoms with Crippen molar-refractivity contribution in [1.82, 2.24) is 10.2 Å². The SMILES string of the molecule is CCNC(=NCCCOCC(C)C)N1CCC(OCCCOC)CC1. The number of ether oxygens (including phenoxy) is 3. The van der Waals surface area contributed by atoms with Gasteiger partial charge in [-0.25, -0.2) is 0 Å². The Bertz CT molecular complexity index is 343. The summed E-state index contributed by atoms with van der Waals surface area (Å²) in [4.78, 5) is 7.11. The van der Waals surface area contributed by atoms with E-state index in [2.05, 4.69) is 31.0 Å². The summed E-state index contributed by atoms with van der Waals surface area (Å²) in [6.07, 6.45) is 4.45. The zero-order valence-corrected chi connectivity index (χ0v) is 16.8. The number of nitrogens with zero attached hydrogens (tertiary/aromatic N) is 2. The zero-order valence-electron chi connectivity index (χ0n) is 16.8. The molecule has 25 heavy (non-hydrogen) atoms. The Kier molecular flexibility index (Phi) is 12.7. The molecule has 0 saturated carbocycles. The minimum atomic E-state index is 0.375. The molecule has 0 amide bonds. The molecule has 1 aliphatic rings. The summed E-state index contributed by atoms with van der Waals surface area (Å²) in [6.45, 7) is 13.4. The summed E-state index contributed by atoms with van der Waals surface area (Å²) in [5, 5.41) is 3.41. The van der Waals surface area contributed by atoms with Gasteiger partial charge in [-0.15, -0.1) is 0 Å². The Hall–Kier alpha value is -0.850. The maximum absolute atomic E-state index is 5.93. The maximum atomic E-state index is 5.93. The van der Waals surface area contributed by atoms with Gasteiger partial charge in [0.25, 0.3) is 0 Å². The topological polar surface area (TPSA) is 55.3 Å². The number of nitrogens with one attached hydrogen (secondary N) is 1. The molecule has 0 aromatic rings. The van der Waals surface area contributed by atoms with E-state index in [9.17, 15) is 0 Å². The quantitative estimate of drug-likeness (QED) is 0.330. The Morgan fingerprint density at radius 3 is 2.56 bits per heavy atom. The van der Waals surface area contributed by atoms with E-state index in [0.717, 1.165) is 84.2 Å². The minimum absolute atomic E-state index is 0.375. The van der Waals surface area contributed by atoms with Gasteiger partial charge < -0.3 is 24.4 Å². The highest BCUT2D eigenvalue weighted by Crippen LogP contribution is 2.14. The van der Waals surface area contributed by atoms with Gasteiger partial charge in [-0.1, -0.05) is 13.8 Å². The third-order valence-corrected chi connectivity index (χ3v) is 4.08. The second kappa shape index (κ2) is 14.3. The van der Waals surface area contributed by atoms with Crippen molar-refractivity contribution in [3.05, 3.63) is 0 Å². The zero-order chi connectivity index (χ0) is 18.3. The summed E-state index contributed by atoms with van der Waals surface area (Å²) >= 11 is 0. The molecule has 6 nitrogen and oxygen atoms in total. The predicted octanol–water partition coefficient (Wildman–Crippen LogP) is 2.53. The number of likely N-dealkylation sites (tertiary alicyclic amines) is 1. The van der Waals surface area contributed by atoms with Crippen LogP contribution in [0.5, 0.6) is 0 Å². The van der Waals surface area contributed by atoms with Crippen LogP contribution in [0.3, 0.4) is 0 Å². The van der Waals surface area contributed by atoms with Gasteiger partial charge in [0.15, 0.2) is 5.96 Å². The number of guanidine groups is 1. The molecule has 1 heterocycles. The van der Waals surface area contributed by atoms with Crippen LogP contribution < -0.4 is 5.32 Å². The molecule has 1 N–H and O–H groups in total. The standard InChI is InChI=1S/C19H39N3O3/c1-5-20-19(21-10-6-14-24-16-17(2)3)22-11-8-18(9-12-22)25-15-7-13-23-4/h17-18H,5-16H2,1-4H3,(H,20,21). The molecule has 0 radical (unpaired) electrons. The van der Waals surface area contributed by atoms with Crippen LogP contribution in [0.2, 0.25) is 0 Å². The Balaban J connectivity index is 2.25. The van der Waals surface area contributed by atoms with E-state index >= 15 is 0 Å². The minimum Gasteiger partial charge on any atom is -0.385 e. The highest BCUT2D eigenvalue weighted by atomic mass is 16.5. The third kappa shape index (κ3) is 10.7. The molecule has 0 spiro atoms. The lowest BCUT2D eigenvalue weighted by atomic mass is 10.1. The van der Waals surface area contributed by atoms with Crippen LogP contribution in [0.1, 0.15) is 46.5 Å². The largest absolute Gasteiger partial charge is 0.385 e. The van der Waals surface area contributed by atoms with Gasteiger partial charge in [-0.3, -0.25) is 4.99 Å². The van der Waals surface area contributed by atoms with Gasteiger partial charge in [-0.05, 0) is 38.5 Å². The van der Waals surface area contributed by atoms with Crippen LogP contribution in [0.25, 0.3) is 0 Å². The fourth-order valence-corrected chi connectivity index (χ4v) is 2.78. The molecule has 148 valence electrons. The summed E-state index contributed by atoms with van der Waals surface area (Å²) in [7, 11) is 1.73. The van der Waals surface area contributed by atoms with Crippen molar-refractivity contribution in [1.29, 1.82) is 0 Å². The number of hydrogen-bond acceptors (Lipinski definition) is 4. The molecular formula is C19H39N3O3.